The monoisotopic (exact) mass is 542 g/mol. The first-order valence-corrected chi connectivity index (χ1v) is 11.7. The molecule has 0 bridgehead atoms. The van der Waals surface area contributed by atoms with Gasteiger partial charge in [0.1, 0.15) is 0 Å². The average Bonchev–Trinajstić information content (AvgIpc) is 3.12. The van der Waals surface area contributed by atoms with Crippen molar-refractivity contribution in [2.45, 2.75) is 45.2 Å². The Bertz CT molecular complexity index is 1420. The lowest BCUT2D eigenvalue weighted by Gasteiger charge is -2.16. The predicted molar refractivity (Wildman–Crippen MR) is 114 cm³/mol. The van der Waals surface area contributed by atoms with Crippen molar-refractivity contribution in [1.82, 2.24) is 19.7 Å². The second-order valence-corrected chi connectivity index (χ2v) is 8.95. The second-order valence-electron chi connectivity index (χ2n) is 7.42. The van der Waals surface area contributed by atoms with Crippen LogP contribution in [-0.2, 0) is 10.1 Å². The number of nitrogens with zero attached hydrogens (tertiary/aromatic N) is 4. The van der Waals surface area contributed by atoms with Crippen LogP contribution in [0.1, 0.15) is 38.4 Å². The third kappa shape index (κ3) is 4.37. The van der Waals surface area contributed by atoms with Gasteiger partial charge in [0, 0.05) is 0 Å². The number of hydrogen-bond donors (Lipinski definition) is 0. The summed E-state index contributed by atoms with van der Waals surface area (Å²) in [5, 5.41) is 3.83. The number of fused-ring (bicyclic) bond motifs is 1. The van der Waals surface area contributed by atoms with Crippen LogP contribution in [0, 0.1) is 24.4 Å². The van der Waals surface area contributed by atoms with Gasteiger partial charge in [0.25, 0.3) is 5.88 Å². The molecule has 0 atom stereocenters. The molecule has 0 amide bonds. The van der Waals surface area contributed by atoms with Crippen molar-refractivity contribution in [3.05, 3.63) is 23.1 Å². The lowest BCUT2D eigenvalue weighted by molar-refractivity contribution is -0.0501. The van der Waals surface area contributed by atoms with E-state index in [0.29, 0.717) is 12.8 Å². The van der Waals surface area contributed by atoms with Crippen LogP contribution in [0.5, 0.6) is 17.4 Å². The molecule has 9 nitrogen and oxygen atoms in total. The molecular formula is C20H20F6N4O5S. The van der Waals surface area contributed by atoms with Crippen LogP contribution in [0.3, 0.4) is 0 Å². The Balaban J connectivity index is 2.42. The highest BCUT2D eigenvalue weighted by Crippen LogP contribution is 2.43. The molecule has 0 unspecified atom stereocenters. The van der Waals surface area contributed by atoms with E-state index in [1.807, 2.05) is 0 Å². The van der Waals surface area contributed by atoms with Gasteiger partial charge in [-0.3, -0.25) is 0 Å². The Morgan fingerprint density at radius 3 is 2.03 bits per heavy atom. The zero-order valence-electron chi connectivity index (χ0n) is 19.5. The molecule has 0 aliphatic carbocycles. The van der Waals surface area contributed by atoms with Gasteiger partial charge < -0.3 is 13.7 Å². The van der Waals surface area contributed by atoms with Crippen LogP contribution in [0.25, 0.3) is 22.4 Å². The summed E-state index contributed by atoms with van der Waals surface area (Å²) in [6.45, 7) is 4.77. The fourth-order valence-electron chi connectivity index (χ4n) is 3.54. The van der Waals surface area contributed by atoms with E-state index in [-0.39, 0.29) is 11.3 Å². The zero-order valence-corrected chi connectivity index (χ0v) is 20.3. The smallest absolute Gasteiger partial charge is 0.493 e. The topological polar surface area (TPSA) is 105 Å². The molecule has 3 rings (SSSR count). The van der Waals surface area contributed by atoms with E-state index in [2.05, 4.69) is 24.0 Å². The Kier molecular flexibility index (Phi) is 7.30. The molecule has 0 fully saturated rings. The normalized spacial score (nSPS) is 12.4. The van der Waals surface area contributed by atoms with Crippen molar-refractivity contribution in [2.75, 3.05) is 14.2 Å². The van der Waals surface area contributed by atoms with Gasteiger partial charge in [0.05, 0.1) is 37.2 Å². The molecule has 0 aliphatic heterocycles. The van der Waals surface area contributed by atoms with Crippen LogP contribution in [-0.4, -0.2) is 47.9 Å². The van der Waals surface area contributed by atoms with Crippen LogP contribution in [0.4, 0.5) is 26.3 Å². The van der Waals surface area contributed by atoms with E-state index in [0.717, 1.165) is 18.9 Å². The first-order chi connectivity index (χ1) is 16.7. The summed E-state index contributed by atoms with van der Waals surface area (Å²) in [6, 6.07) is -0.458. The lowest BCUT2D eigenvalue weighted by Crippen LogP contribution is -2.28. The van der Waals surface area contributed by atoms with Crippen molar-refractivity contribution in [1.29, 1.82) is 0 Å². The molecule has 3 aromatic rings. The molecule has 0 radical (unpaired) electrons. The summed E-state index contributed by atoms with van der Waals surface area (Å²) in [6.07, 6.45) is 0.831. The molecule has 1 aromatic carbocycles. The molecule has 0 aliphatic rings. The number of methoxy groups -OCH3 is 2. The maximum absolute atomic E-state index is 15.0. The highest BCUT2D eigenvalue weighted by Gasteiger charge is 2.49. The first kappa shape index (κ1) is 27.3. The number of ether oxygens (including phenoxy) is 2. The van der Waals surface area contributed by atoms with Crippen LogP contribution < -0.4 is 13.7 Å². The summed E-state index contributed by atoms with van der Waals surface area (Å²) < 4.78 is 121. The molecule has 0 N–H and O–H groups in total. The predicted octanol–water partition coefficient (Wildman–Crippen LogP) is 4.83. The minimum atomic E-state index is -6.18. The minimum Gasteiger partial charge on any atom is -0.493 e. The Morgan fingerprint density at radius 2 is 1.53 bits per heavy atom. The van der Waals surface area contributed by atoms with E-state index in [9.17, 15) is 30.4 Å². The summed E-state index contributed by atoms with van der Waals surface area (Å²) >= 11 is 0. The van der Waals surface area contributed by atoms with Gasteiger partial charge >= 0.3 is 15.6 Å². The largest absolute Gasteiger partial charge is 0.534 e. The van der Waals surface area contributed by atoms with E-state index in [1.54, 1.807) is 13.8 Å². The Labute approximate surface area is 201 Å². The molecule has 0 saturated carbocycles. The van der Waals surface area contributed by atoms with Crippen LogP contribution >= 0.6 is 0 Å². The molecule has 0 saturated heterocycles. The molecule has 198 valence electrons. The van der Waals surface area contributed by atoms with Crippen LogP contribution in [0.2, 0.25) is 0 Å². The second kappa shape index (κ2) is 9.63. The maximum Gasteiger partial charge on any atom is 0.534 e. The van der Waals surface area contributed by atoms with Crippen molar-refractivity contribution >= 4 is 21.3 Å². The SMILES string of the molecule is CCC(CC)n1nc(OS(=O)(=O)C(F)(F)F)c2nc(-c3c(F)c(F)c(OC)c(F)c3OC)c(C)nc21. The summed E-state index contributed by atoms with van der Waals surface area (Å²) in [5.74, 6) is -7.81. The standard InChI is InChI=1S/C20H20F6N4O5S/c1-6-9(7-2)30-18-15(19(29-30)35-36(31,32)20(24,25)26)28-14(8(3)27-18)10-11(21)12(22)17(34-5)13(23)16(10)33-4/h9H,6-7H2,1-5H3. The third-order valence-corrected chi connectivity index (χ3v) is 6.26. The van der Waals surface area contributed by atoms with E-state index in [4.69, 9.17) is 4.74 Å². The number of rotatable bonds is 8. The number of halogens is 6. The van der Waals surface area contributed by atoms with Gasteiger partial charge in [-0.15, -0.1) is 5.10 Å². The van der Waals surface area contributed by atoms with Gasteiger partial charge in [-0.25, -0.2) is 19.0 Å². The van der Waals surface area contributed by atoms with Gasteiger partial charge in [-0.2, -0.15) is 30.4 Å². The Hall–Kier alpha value is -3.30. The number of aromatic nitrogens is 4. The summed E-state index contributed by atoms with van der Waals surface area (Å²) in [7, 11) is -4.33. The summed E-state index contributed by atoms with van der Waals surface area (Å²) in [4.78, 5) is 8.18. The highest BCUT2D eigenvalue weighted by atomic mass is 32.2. The molecule has 2 aromatic heterocycles. The fraction of sp³-hybridized carbons (Fsp3) is 0.450. The van der Waals surface area contributed by atoms with Gasteiger partial charge in [-0.05, 0) is 19.8 Å². The third-order valence-electron chi connectivity index (χ3n) is 5.31. The van der Waals surface area contributed by atoms with Crippen molar-refractivity contribution in [3.63, 3.8) is 0 Å². The summed E-state index contributed by atoms with van der Waals surface area (Å²) in [5.41, 5.74) is -8.15. The average molecular weight is 542 g/mol. The van der Waals surface area contributed by atoms with Gasteiger partial charge in [0.15, 0.2) is 28.5 Å². The quantitative estimate of drug-likeness (QED) is 0.173. The molecular weight excluding hydrogens is 522 g/mol. The van der Waals surface area contributed by atoms with Crippen molar-refractivity contribution in [3.8, 4) is 28.6 Å². The number of alkyl halides is 3. The number of hydrogen-bond acceptors (Lipinski definition) is 8. The molecule has 16 heteroatoms. The zero-order chi connectivity index (χ0) is 27.2. The Morgan fingerprint density at radius 1 is 0.944 bits per heavy atom. The minimum absolute atomic E-state index is 0.124. The van der Waals surface area contributed by atoms with Gasteiger partial charge in [0.2, 0.25) is 11.6 Å². The molecule has 2 heterocycles. The molecule has 36 heavy (non-hydrogen) atoms. The maximum atomic E-state index is 15.0. The first-order valence-electron chi connectivity index (χ1n) is 10.3. The number of aryl methyl sites for hydroxylation is 1. The molecule has 0 spiro atoms. The van der Waals surface area contributed by atoms with E-state index in [1.165, 1.54) is 6.92 Å². The van der Waals surface area contributed by atoms with Gasteiger partial charge in [-0.1, -0.05) is 13.8 Å². The van der Waals surface area contributed by atoms with Crippen molar-refractivity contribution < 1.29 is 48.4 Å². The fourth-order valence-corrected chi connectivity index (χ4v) is 3.95. The highest BCUT2D eigenvalue weighted by molar-refractivity contribution is 7.88. The van der Waals surface area contributed by atoms with E-state index < -0.39 is 73.3 Å². The van der Waals surface area contributed by atoms with E-state index >= 15 is 4.39 Å². The number of benzene rings is 1. The van der Waals surface area contributed by atoms with Crippen molar-refractivity contribution in [2.24, 2.45) is 0 Å². The lowest BCUT2D eigenvalue weighted by atomic mass is 10.1. The van der Waals surface area contributed by atoms with Crippen LogP contribution in [0.15, 0.2) is 0 Å².